The Morgan fingerprint density at radius 1 is 1.16 bits per heavy atom. The lowest BCUT2D eigenvalue weighted by molar-refractivity contribution is -0.145. The highest BCUT2D eigenvalue weighted by Crippen LogP contribution is 2.39. The van der Waals surface area contributed by atoms with Crippen LogP contribution in [-0.2, 0) is 15.7 Å². The number of alkyl halides is 3. The highest BCUT2D eigenvalue weighted by atomic mass is 19.4. The fourth-order valence-corrected chi connectivity index (χ4v) is 3.19. The maximum absolute atomic E-state index is 13.2. The first-order chi connectivity index (χ1) is 11.8. The summed E-state index contributed by atoms with van der Waals surface area (Å²) in [4.78, 5) is 12.7. The zero-order chi connectivity index (χ0) is 18.5. The second-order valence-corrected chi connectivity index (χ2v) is 6.08. The van der Waals surface area contributed by atoms with Crippen LogP contribution in [0.2, 0.25) is 0 Å². The van der Waals surface area contributed by atoms with Gasteiger partial charge in [-0.2, -0.15) is 13.2 Å². The standard InChI is InChI=1S/C18H24F3NO3/c1-3-24-15-9-8-13(12-14(15)18(19,20)21)22-16(23)17(25-4-2)10-6-5-7-11-17/h8-9,12H,3-7,10-11H2,1-2H3,(H,22,23). The van der Waals surface area contributed by atoms with Crippen LogP contribution >= 0.6 is 0 Å². The van der Waals surface area contributed by atoms with E-state index in [0.29, 0.717) is 19.4 Å². The van der Waals surface area contributed by atoms with Crippen LogP contribution in [0.5, 0.6) is 5.75 Å². The molecule has 1 aromatic carbocycles. The Hall–Kier alpha value is -1.76. The number of ether oxygens (including phenoxy) is 2. The van der Waals surface area contributed by atoms with Gasteiger partial charge in [-0.1, -0.05) is 19.3 Å². The largest absolute Gasteiger partial charge is 0.493 e. The van der Waals surface area contributed by atoms with Gasteiger partial charge in [0.05, 0.1) is 12.2 Å². The molecule has 0 atom stereocenters. The van der Waals surface area contributed by atoms with Crippen molar-refractivity contribution in [3.63, 3.8) is 0 Å². The van der Waals surface area contributed by atoms with E-state index in [1.54, 1.807) is 6.92 Å². The monoisotopic (exact) mass is 359 g/mol. The van der Waals surface area contributed by atoms with E-state index in [1.807, 2.05) is 6.92 Å². The lowest BCUT2D eigenvalue weighted by Gasteiger charge is -2.35. The van der Waals surface area contributed by atoms with Crippen molar-refractivity contribution in [1.29, 1.82) is 0 Å². The molecule has 0 spiro atoms. The molecule has 0 aromatic heterocycles. The average molecular weight is 359 g/mol. The summed E-state index contributed by atoms with van der Waals surface area (Å²) in [6.07, 6.45) is -0.641. The van der Waals surface area contributed by atoms with Crippen LogP contribution in [0.25, 0.3) is 0 Å². The van der Waals surface area contributed by atoms with Crippen LogP contribution in [0.15, 0.2) is 18.2 Å². The van der Waals surface area contributed by atoms with E-state index in [1.165, 1.54) is 12.1 Å². The number of rotatable bonds is 6. The molecule has 1 amide bonds. The van der Waals surface area contributed by atoms with Gasteiger partial charge in [-0.3, -0.25) is 4.79 Å². The zero-order valence-electron chi connectivity index (χ0n) is 14.5. The third kappa shape index (κ3) is 4.66. The molecule has 1 fully saturated rings. The molecule has 7 heteroatoms. The molecule has 140 valence electrons. The topological polar surface area (TPSA) is 47.6 Å². The molecule has 0 bridgehead atoms. The predicted octanol–water partition coefficient (Wildman–Crippen LogP) is 4.78. The summed E-state index contributed by atoms with van der Waals surface area (Å²) < 4.78 is 50.4. The quantitative estimate of drug-likeness (QED) is 0.795. The van der Waals surface area contributed by atoms with Gasteiger partial charge in [0.25, 0.3) is 5.91 Å². The Bertz CT molecular complexity index is 590. The molecular weight excluding hydrogens is 335 g/mol. The van der Waals surface area contributed by atoms with E-state index in [4.69, 9.17) is 9.47 Å². The number of anilines is 1. The second-order valence-electron chi connectivity index (χ2n) is 6.08. The summed E-state index contributed by atoms with van der Waals surface area (Å²) in [5.41, 5.74) is -1.77. The first-order valence-electron chi connectivity index (χ1n) is 8.62. The number of hydrogen-bond donors (Lipinski definition) is 1. The lowest BCUT2D eigenvalue weighted by Crippen LogP contribution is -2.47. The molecule has 25 heavy (non-hydrogen) atoms. The normalized spacial score (nSPS) is 17.2. The summed E-state index contributed by atoms with van der Waals surface area (Å²) in [5, 5.41) is 2.60. The van der Waals surface area contributed by atoms with E-state index in [9.17, 15) is 18.0 Å². The fourth-order valence-electron chi connectivity index (χ4n) is 3.19. The van der Waals surface area contributed by atoms with Gasteiger partial charge in [0.1, 0.15) is 11.4 Å². The SMILES string of the molecule is CCOc1ccc(NC(=O)C2(OCC)CCCCC2)cc1C(F)(F)F. The van der Waals surface area contributed by atoms with Gasteiger partial charge in [-0.15, -0.1) is 0 Å². The molecule has 4 nitrogen and oxygen atoms in total. The van der Waals surface area contributed by atoms with Crippen LogP contribution in [-0.4, -0.2) is 24.7 Å². The summed E-state index contributed by atoms with van der Waals surface area (Å²) in [6.45, 7) is 3.93. The second kappa shape index (κ2) is 8.08. The number of carbonyl (C=O) groups excluding carboxylic acids is 1. The molecule has 0 unspecified atom stereocenters. The van der Waals surface area contributed by atoms with Gasteiger partial charge in [0.15, 0.2) is 0 Å². The zero-order valence-corrected chi connectivity index (χ0v) is 14.5. The van der Waals surface area contributed by atoms with Crippen LogP contribution < -0.4 is 10.1 Å². The molecule has 1 N–H and O–H groups in total. The third-order valence-electron chi connectivity index (χ3n) is 4.34. The van der Waals surface area contributed by atoms with Gasteiger partial charge in [-0.05, 0) is 44.9 Å². The third-order valence-corrected chi connectivity index (χ3v) is 4.34. The summed E-state index contributed by atoms with van der Waals surface area (Å²) in [7, 11) is 0. The Morgan fingerprint density at radius 2 is 1.84 bits per heavy atom. The minimum absolute atomic E-state index is 0.0884. The van der Waals surface area contributed by atoms with Crippen molar-refractivity contribution in [3.8, 4) is 5.75 Å². The Balaban J connectivity index is 2.25. The van der Waals surface area contributed by atoms with Gasteiger partial charge in [0.2, 0.25) is 0 Å². The van der Waals surface area contributed by atoms with E-state index in [-0.39, 0.29) is 24.0 Å². The van der Waals surface area contributed by atoms with E-state index in [2.05, 4.69) is 5.32 Å². The smallest absolute Gasteiger partial charge is 0.420 e. The molecule has 1 aliphatic carbocycles. The first-order valence-corrected chi connectivity index (χ1v) is 8.62. The Kier molecular flexibility index (Phi) is 6.32. The van der Waals surface area contributed by atoms with E-state index in [0.717, 1.165) is 25.3 Å². The predicted molar refractivity (Wildman–Crippen MR) is 88.7 cm³/mol. The number of halogens is 3. The van der Waals surface area contributed by atoms with Crippen molar-refractivity contribution in [1.82, 2.24) is 0 Å². The lowest BCUT2D eigenvalue weighted by atomic mass is 9.83. The van der Waals surface area contributed by atoms with E-state index >= 15 is 0 Å². The van der Waals surface area contributed by atoms with Crippen molar-refractivity contribution in [2.75, 3.05) is 18.5 Å². The average Bonchev–Trinajstić information content (AvgIpc) is 2.56. The summed E-state index contributed by atoms with van der Waals surface area (Å²) in [6, 6.07) is 3.56. The minimum atomic E-state index is -4.56. The first kappa shape index (κ1) is 19.6. The van der Waals surface area contributed by atoms with Gasteiger partial charge in [-0.25, -0.2) is 0 Å². The van der Waals surface area contributed by atoms with Crippen LogP contribution in [0.1, 0.15) is 51.5 Å². The van der Waals surface area contributed by atoms with Crippen LogP contribution in [0.4, 0.5) is 18.9 Å². The molecule has 1 aliphatic rings. The molecular formula is C18H24F3NO3. The summed E-state index contributed by atoms with van der Waals surface area (Å²) >= 11 is 0. The molecule has 2 rings (SSSR count). The maximum atomic E-state index is 13.2. The van der Waals surface area contributed by atoms with Crippen molar-refractivity contribution in [3.05, 3.63) is 23.8 Å². The number of carbonyl (C=O) groups is 1. The van der Waals surface area contributed by atoms with Crippen LogP contribution in [0, 0.1) is 0 Å². The molecule has 0 aliphatic heterocycles. The molecule has 1 saturated carbocycles. The molecule has 1 aromatic rings. The number of amides is 1. The maximum Gasteiger partial charge on any atom is 0.420 e. The summed E-state index contributed by atoms with van der Waals surface area (Å²) in [5.74, 6) is -0.628. The number of nitrogens with one attached hydrogen (secondary N) is 1. The number of hydrogen-bond acceptors (Lipinski definition) is 3. The van der Waals surface area contributed by atoms with Gasteiger partial charge >= 0.3 is 6.18 Å². The molecule has 0 radical (unpaired) electrons. The van der Waals surface area contributed by atoms with Crippen molar-refractivity contribution in [2.45, 2.75) is 57.7 Å². The van der Waals surface area contributed by atoms with Crippen molar-refractivity contribution >= 4 is 11.6 Å². The van der Waals surface area contributed by atoms with Crippen molar-refractivity contribution < 1.29 is 27.4 Å². The van der Waals surface area contributed by atoms with E-state index < -0.39 is 17.3 Å². The van der Waals surface area contributed by atoms with Crippen molar-refractivity contribution in [2.24, 2.45) is 0 Å². The van der Waals surface area contributed by atoms with Gasteiger partial charge < -0.3 is 14.8 Å². The minimum Gasteiger partial charge on any atom is -0.493 e. The number of benzene rings is 1. The molecule has 0 heterocycles. The Morgan fingerprint density at radius 3 is 2.40 bits per heavy atom. The van der Waals surface area contributed by atoms with Crippen LogP contribution in [0.3, 0.4) is 0 Å². The highest BCUT2D eigenvalue weighted by molar-refractivity contribution is 5.97. The fraction of sp³-hybridized carbons (Fsp3) is 0.611. The molecule has 0 saturated heterocycles. The Labute approximate surface area is 145 Å². The highest BCUT2D eigenvalue weighted by Gasteiger charge is 2.41. The van der Waals surface area contributed by atoms with Gasteiger partial charge in [0, 0.05) is 12.3 Å².